The number of amides is 1. The number of hydrogen-bond donors (Lipinski definition) is 1. The van der Waals surface area contributed by atoms with E-state index in [4.69, 9.17) is 5.73 Å². The number of nitrogen functional groups attached to an aromatic ring is 1. The van der Waals surface area contributed by atoms with Crippen molar-refractivity contribution in [1.29, 1.82) is 0 Å². The maximum atomic E-state index is 11.8. The predicted molar refractivity (Wildman–Crippen MR) is 70.1 cm³/mol. The van der Waals surface area contributed by atoms with E-state index in [9.17, 15) is 9.59 Å². The molecule has 0 unspecified atom stereocenters. The van der Waals surface area contributed by atoms with Crippen molar-refractivity contribution in [2.24, 2.45) is 0 Å². The molecule has 2 heterocycles. The second kappa shape index (κ2) is 4.89. The molecule has 0 aromatic carbocycles. The minimum Gasteiger partial charge on any atom is -0.394 e. The lowest BCUT2D eigenvalue weighted by Crippen LogP contribution is -2.24. The van der Waals surface area contributed by atoms with Gasteiger partial charge in [-0.2, -0.15) is 0 Å². The van der Waals surface area contributed by atoms with Crippen molar-refractivity contribution in [2.45, 2.75) is 0 Å². The second-order valence-electron chi connectivity index (χ2n) is 4.10. The van der Waals surface area contributed by atoms with Gasteiger partial charge in [-0.25, -0.2) is 9.97 Å². The van der Waals surface area contributed by atoms with Gasteiger partial charge in [0, 0.05) is 20.3 Å². The van der Waals surface area contributed by atoms with E-state index in [1.807, 2.05) is 0 Å². The Morgan fingerprint density at radius 2 is 2.05 bits per heavy atom. The molecule has 0 saturated carbocycles. The summed E-state index contributed by atoms with van der Waals surface area (Å²) in [6.45, 7) is 0. The van der Waals surface area contributed by atoms with Crippen LogP contribution in [0.2, 0.25) is 0 Å². The fourth-order valence-corrected chi connectivity index (χ4v) is 1.48. The van der Waals surface area contributed by atoms with Crippen LogP contribution in [-0.4, -0.2) is 39.4 Å². The number of anilines is 1. The van der Waals surface area contributed by atoms with Gasteiger partial charge in [-0.1, -0.05) is 0 Å². The molecule has 0 aliphatic heterocycles. The first kappa shape index (κ1) is 12.7. The lowest BCUT2D eigenvalue weighted by atomic mass is 10.4. The van der Waals surface area contributed by atoms with Gasteiger partial charge in [0.25, 0.3) is 11.5 Å². The Balaban J connectivity index is 2.41. The van der Waals surface area contributed by atoms with Crippen LogP contribution in [0.25, 0.3) is 5.82 Å². The fraction of sp³-hybridized carbons (Fsp3) is 0.167. The van der Waals surface area contributed by atoms with E-state index in [0.29, 0.717) is 5.82 Å². The van der Waals surface area contributed by atoms with Crippen molar-refractivity contribution >= 4 is 11.6 Å². The van der Waals surface area contributed by atoms with Gasteiger partial charge in [-0.3, -0.25) is 14.2 Å². The van der Waals surface area contributed by atoms with E-state index in [1.54, 1.807) is 20.2 Å². The molecule has 2 aromatic heterocycles. The van der Waals surface area contributed by atoms with E-state index < -0.39 is 0 Å². The number of nitrogens with zero attached hydrogens (tertiary/aromatic N) is 4. The Labute approximate surface area is 109 Å². The molecular formula is C12H13N5O2. The fourth-order valence-electron chi connectivity index (χ4n) is 1.48. The maximum Gasteiger partial charge on any atom is 0.279 e. The SMILES string of the molecule is CN(C)C(=O)c1cnc(-n2cccc(N)c2=O)cn1. The molecule has 1 amide bonds. The molecule has 0 spiro atoms. The molecule has 2 N–H and O–H groups in total. The second-order valence-corrected chi connectivity index (χ2v) is 4.10. The van der Waals surface area contributed by atoms with Crippen LogP contribution in [0.4, 0.5) is 5.69 Å². The van der Waals surface area contributed by atoms with E-state index in [1.165, 1.54) is 34.1 Å². The third kappa shape index (κ3) is 2.44. The topological polar surface area (TPSA) is 94.1 Å². The number of carbonyl (C=O) groups is 1. The van der Waals surface area contributed by atoms with Crippen molar-refractivity contribution in [2.75, 3.05) is 19.8 Å². The molecule has 0 radical (unpaired) electrons. The number of carbonyl (C=O) groups excluding carboxylic acids is 1. The minimum atomic E-state index is -0.372. The third-order valence-corrected chi connectivity index (χ3v) is 2.49. The van der Waals surface area contributed by atoms with Gasteiger partial charge < -0.3 is 10.6 Å². The van der Waals surface area contributed by atoms with Crippen LogP contribution in [0.5, 0.6) is 0 Å². The zero-order valence-electron chi connectivity index (χ0n) is 10.6. The summed E-state index contributed by atoms with van der Waals surface area (Å²) < 4.78 is 1.27. The Kier molecular flexibility index (Phi) is 3.28. The molecule has 0 bridgehead atoms. The molecule has 0 saturated heterocycles. The smallest absolute Gasteiger partial charge is 0.279 e. The molecule has 7 nitrogen and oxygen atoms in total. The van der Waals surface area contributed by atoms with Gasteiger partial charge in [-0.15, -0.1) is 0 Å². The summed E-state index contributed by atoms with van der Waals surface area (Å²) in [5, 5.41) is 0. The Morgan fingerprint density at radius 3 is 2.63 bits per heavy atom. The highest BCUT2D eigenvalue weighted by Crippen LogP contribution is 2.03. The molecule has 2 aromatic rings. The van der Waals surface area contributed by atoms with Gasteiger partial charge in [0.15, 0.2) is 5.82 Å². The van der Waals surface area contributed by atoms with Crippen LogP contribution in [0, 0.1) is 0 Å². The molecule has 0 aliphatic carbocycles. The van der Waals surface area contributed by atoms with Gasteiger partial charge in [0.2, 0.25) is 0 Å². The summed E-state index contributed by atoms with van der Waals surface area (Å²) in [5.41, 5.74) is 5.50. The van der Waals surface area contributed by atoms with Gasteiger partial charge in [0.1, 0.15) is 5.69 Å². The first-order valence-electron chi connectivity index (χ1n) is 5.52. The molecule has 0 fully saturated rings. The molecular weight excluding hydrogens is 246 g/mol. The minimum absolute atomic E-state index is 0.123. The standard InChI is InChI=1S/C12H13N5O2/c1-16(2)12(19)9-6-15-10(7-14-9)17-5-3-4-8(13)11(17)18/h3-7H,13H2,1-2H3. The summed E-state index contributed by atoms with van der Waals surface area (Å²) in [6.07, 6.45) is 4.22. The monoisotopic (exact) mass is 259 g/mol. The van der Waals surface area contributed by atoms with Crippen molar-refractivity contribution in [3.63, 3.8) is 0 Å². The number of nitrogens with two attached hydrogens (primary N) is 1. The Bertz CT molecular complexity index is 661. The average Bonchev–Trinajstić information content (AvgIpc) is 2.41. The summed E-state index contributed by atoms with van der Waals surface area (Å²) in [6, 6.07) is 3.15. The van der Waals surface area contributed by atoms with Crippen LogP contribution in [-0.2, 0) is 0 Å². The molecule has 2 rings (SSSR count). The molecule has 19 heavy (non-hydrogen) atoms. The summed E-state index contributed by atoms with van der Waals surface area (Å²) in [7, 11) is 3.25. The van der Waals surface area contributed by atoms with Gasteiger partial charge >= 0.3 is 0 Å². The molecule has 0 aliphatic rings. The zero-order valence-corrected chi connectivity index (χ0v) is 10.6. The molecule has 0 atom stereocenters. The molecule has 98 valence electrons. The zero-order chi connectivity index (χ0) is 14.0. The van der Waals surface area contributed by atoms with E-state index >= 15 is 0 Å². The van der Waals surface area contributed by atoms with Gasteiger partial charge in [-0.05, 0) is 12.1 Å². The van der Waals surface area contributed by atoms with Crippen LogP contribution >= 0.6 is 0 Å². The summed E-state index contributed by atoms with van der Waals surface area (Å²) in [5.74, 6) is 0.0616. The predicted octanol–water partition coefficient (Wildman–Crippen LogP) is -0.0885. The van der Waals surface area contributed by atoms with Crippen molar-refractivity contribution in [3.8, 4) is 5.82 Å². The van der Waals surface area contributed by atoms with Crippen molar-refractivity contribution in [3.05, 3.63) is 46.8 Å². The van der Waals surface area contributed by atoms with Crippen LogP contribution in [0.3, 0.4) is 0 Å². The highest BCUT2D eigenvalue weighted by Gasteiger charge is 2.11. The summed E-state index contributed by atoms with van der Waals surface area (Å²) >= 11 is 0. The first-order valence-corrected chi connectivity index (χ1v) is 5.52. The normalized spacial score (nSPS) is 10.2. The van der Waals surface area contributed by atoms with E-state index in [0.717, 1.165) is 0 Å². The third-order valence-electron chi connectivity index (χ3n) is 2.49. The number of pyridine rings is 1. The van der Waals surface area contributed by atoms with E-state index in [2.05, 4.69) is 9.97 Å². The van der Waals surface area contributed by atoms with Crippen molar-refractivity contribution < 1.29 is 4.79 Å². The molecule has 7 heteroatoms. The lowest BCUT2D eigenvalue weighted by Gasteiger charge is -2.09. The number of hydrogen-bond acceptors (Lipinski definition) is 5. The van der Waals surface area contributed by atoms with Crippen LogP contribution in [0.15, 0.2) is 35.5 Å². The van der Waals surface area contributed by atoms with Gasteiger partial charge in [0.05, 0.1) is 18.1 Å². The van der Waals surface area contributed by atoms with Crippen LogP contribution in [0.1, 0.15) is 10.5 Å². The van der Waals surface area contributed by atoms with Crippen molar-refractivity contribution in [1.82, 2.24) is 19.4 Å². The first-order chi connectivity index (χ1) is 9.00. The highest BCUT2D eigenvalue weighted by atomic mass is 16.2. The largest absolute Gasteiger partial charge is 0.394 e. The quantitative estimate of drug-likeness (QED) is 0.813. The highest BCUT2D eigenvalue weighted by molar-refractivity contribution is 5.91. The Hall–Kier alpha value is -2.70. The van der Waals surface area contributed by atoms with E-state index in [-0.39, 0.29) is 22.8 Å². The average molecular weight is 259 g/mol. The lowest BCUT2D eigenvalue weighted by molar-refractivity contribution is 0.0821. The number of aromatic nitrogens is 3. The number of rotatable bonds is 2. The Morgan fingerprint density at radius 1 is 1.32 bits per heavy atom. The van der Waals surface area contributed by atoms with Crippen LogP contribution < -0.4 is 11.3 Å². The maximum absolute atomic E-state index is 11.8. The summed E-state index contributed by atoms with van der Waals surface area (Å²) in [4.78, 5) is 32.9.